The van der Waals surface area contributed by atoms with Gasteiger partial charge in [-0.05, 0) is 24.1 Å². The van der Waals surface area contributed by atoms with E-state index in [1.165, 1.54) is 5.56 Å². The molecule has 2 heterocycles. The largest absolute Gasteiger partial charge is 0.478 e. The van der Waals surface area contributed by atoms with Gasteiger partial charge in [0, 0.05) is 24.7 Å². The van der Waals surface area contributed by atoms with Gasteiger partial charge >= 0.3 is 0 Å². The minimum Gasteiger partial charge on any atom is -0.478 e. The minimum atomic E-state index is -0.209. The standard InChI is InChI=1S/C15H17N3O2/c1-2-11-4-6-12(7-5-11)16-15(19)13-10-14-18(17-13)8-3-9-20-14/h4-7,10H,2-3,8-9H2,1H3,(H,16,19). The Balaban J connectivity index is 1.73. The molecule has 1 aromatic carbocycles. The lowest BCUT2D eigenvalue weighted by Gasteiger charge is -2.13. The van der Waals surface area contributed by atoms with E-state index in [4.69, 9.17) is 4.74 Å². The molecule has 3 rings (SSSR count). The van der Waals surface area contributed by atoms with Gasteiger partial charge in [0.1, 0.15) is 0 Å². The zero-order chi connectivity index (χ0) is 13.9. The summed E-state index contributed by atoms with van der Waals surface area (Å²) in [5.74, 6) is 0.461. The van der Waals surface area contributed by atoms with Crippen molar-refractivity contribution in [1.29, 1.82) is 0 Å². The Kier molecular flexibility index (Phi) is 3.41. The van der Waals surface area contributed by atoms with Gasteiger partial charge in [0.15, 0.2) is 5.69 Å². The number of hydrogen-bond donors (Lipinski definition) is 1. The average molecular weight is 271 g/mol. The predicted octanol–water partition coefficient (Wildman–Crippen LogP) is 2.48. The van der Waals surface area contributed by atoms with Gasteiger partial charge in [-0.15, -0.1) is 0 Å². The van der Waals surface area contributed by atoms with Gasteiger partial charge in [-0.1, -0.05) is 19.1 Å². The Morgan fingerprint density at radius 1 is 1.40 bits per heavy atom. The summed E-state index contributed by atoms with van der Waals surface area (Å²) in [5, 5.41) is 7.11. The van der Waals surface area contributed by atoms with Crippen molar-refractivity contribution in [2.45, 2.75) is 26.3 Å². The number of amides is 1. The van der Waals surface area contributed by atoms with Crippen molar-refractivity contribution in [2.75, 3.05) is 11.9 Å². The first-order valence-electron chi connectivity index (χ1n) is 6.87. The van der Waals surface area contributed by atoms with E-state index in [-0.39, 0.29) is 5.91 Å². The van der Waals surface area contributed by atoms with E-state index in [9.17, 15) is 4.79 Å². The highest BCUT2D eigenvalue weighted by molar-refractivity contribution is 6.03. The highest BCUT2D eigenvalue weighted by Gasteiger charge is 2.17. The molecule has 2 aromatic rings. The zero-order valence-electron chi connectivity index (χ0n) is 11.4. The summed E-state index contributed by atoms with van der Waals surface area (Å²) in [6, 6.07) is 9.52. The maximum Gasteiger partial charge on any atom is 0.276 e. The number of rotatable bonds is 3. The molecule has 0 radical (unpaired) electrons. The number of nitrogens with one attached hydrogen (secondary N) is 1. The van der Waals surface area contributed by atoms with Crippen molar-refractivity contribution in [2.24, 2.45) is 0 Å². The van der Waals surface area contributed by atoms with Crippen molar-refractivity contribution < 1.29 is 9.53 Å². The molecule has 0 unspecified atom stereocenters. The summed E-state index contributed by atoms with van der Waals surface area (Å²) in [7, 11) is 0. The molecule has 0 atom stereocenters. The number of ether oxygens (including phenoxy) is 1. The first-order valence-corrected chi connectivity index (χ1v) is 6.87. The van der Waals surface area contributed by atoms with E-state index in [1.807, 2.05) is 24.3 Å². The van der Waals surface area contributed by atoms with Crippen LogP contribution in [0.15, 0.2) is 30.3 Å². The number of aromatic nitrogens is 2. The molecule has 104 valence electrons. The monoisotopic (exact) mass is 271 g/mol. The third-order valence-electron chi connectivity index (χ3n) is 3.36. The fourth-order valence-corrected chi connectivity index (χ4v) is 2.20. The molecule has 0 bridgehead atoms. The third-order valence-corrected chi connectivity index (χ3v) is 3.36. The van der Waals surface area contributed by atoms with E-state index in [2.05, 4.69) is 17.3 Å². The Morgan fingerprint density at radius 3 is 2.90 bits per heavy atom. The number of carbonyl (C=O) groups excluding carboxylic acids is 1. The van der Waals surface area contributed by atoms with Crippen LogP contribution in [-0.4, -0.2) is 22.3 Å². The molecule has 1 aliphatic rings. The van der Waals surface area contributed by atoms with Crippen LogP contribution in [0.2, 0.25) is 0 Å². The second-order valence-electron chi connectivity index (χ2n) is 4.80. The molecule has 5 nitrogen and oxygen atoms in total. The molecule has 5 heteroatoms. The lowest BCUT2D eigenvalue weighted by Crippen LogP contribution is -2.16. The Morgan fingerprint density at radius 2 is 2.20 bits per heavy atom. The van der Waals surface area contributed by atoms with Gasteiger partial charge in [0.25, 0.3) is 5.91 Å². The van der Waals surface area contributed by atoms with Crippen LogP contribution in [0.5, 0.6) is 5.88 Å². The minimum absolute atomic E-state index is 0.209. The maximum absolute atomic E-state index is 12.1. The fraction of sp³-hybridized carbons (Fsp3) is 0.333. The van der Waals surface area contributed by atoms with Crippen LogP contribution in [0.25, 0.3) is 0 Å². The first kappa shape index (κ1) is 12.7. The van der Waals surface area contributed by atoms with Crippen LogP contribution in [0.4, 0.5) is 5.69 Å². The second kappa shape index (κ2) is 5.36. The summed E-state index contributed by atoms with van der Waals surface area (Å²) in [6.07, 6.45) is 1.91. The molecular formula is C15H17N3O2. The van der Waals surface area contributed by atoms with Gasteiger partial charge < -0.3 is 10.1 Å². The van der Waals surface area contributed by atoms with Crippen molar-refractivity contribution in [3.8, 4) is 5.88 Å². The summed E-state index contributed by atoms with van der Waals surface area (Å²) in [5.41, 5.74) is 2.41. The van der Waals surface area contributed by atoms with Crippen molar-refractivity contribution in [3.63, 3.8) is 0 Å². The summed E-state index contributed by atoms with van der Waals surface area (Å²) < 4.78 is 7.19. The summed E-state index contributed by atoms with van der Waals surface area (Å²) in [6.45, 7) is 3.59. The van der Waals surface area contributed by atoms with Gasteiger partial charge in [-0.25, -0.2) is 4.68 Å². The number of hydrogen-bond acceptors (Lipinski definition) is 3. The van der Waals surface area contributed by atoms with Crippen LogP contribution in [0.3, 0.4) is 0 Å². The summed E-state index contributed by atoms with van der Waals surface area (Å²) in [4.78, 5) is 12.1. The molecule has 1 N–H and O–H groups in total. The lowest BCUT2D eigenvalue weighted by atomic mass is 10.1. The van der Waals surface area contributed by atoms with Crippen molar-refractivity contribution in [1.82, 2.24) is 9.78 Å². The quantitative estimate of drug-likeness (QED) is 0.933. The predicted molar refractivity (Wildman–Crippen MR) is 76.1 cm³/mol. The highest BCUT2D eigenvalue weighted by Crippen LogP contribution is 2.19. The molecule has 1 aromatic heterocycles. The molecule has 0 aliphatic carbocycles. The van der Waals surface area contributed by atoms with E-state index in [1.54, 1.807) is 10.7 Å². The van der Waals surface area contributed by atoms with E-state index in [0.717, 1.165) is 25.1 Å². The molecule has 0 spiro atoms. The SMILES string of the molecule is CCc1ccc(NC(=O)c2cc3n(n2)CCCO3)cc1. The third kappa shape index (κ3) is 2.52. The Bertz CT molecular complexity index is 593. The van der Waals surface area contributed by atoms with E-state index < -0.39 is 0 Å². The number of benzene rings is 1. The Hall–Kier alpha value is -2.30. The number of nitrogens with zero attached hydrogens (tertiary/aromatic N) is 2. The van der Waals surface area contributed by atoms with Crippen LogP contribution >= 0.6 is 0 Å². The van der Waals surface area contributed by atoms with Gasteiger partial charge in [-0.2, -0.15) is 5.10 Å². The van der Waals surface area contributed by atoms with Crippen LogP contribution < -0.4 is 10.1 Å². The Labute approximate surface area is 117 Å². The van der Waals surface area contributed by atoms with Crippen LogP contribution in [0.1, 0.15) is 29.4 Å². The number of aryl methyl sites for hydroxylation is 2. The second-order valence-corrected chi connectivity index (χ2v) is 4.80. The average Bonchev–Trinajstić information content (AvgIpc) is 2.92. The molecular weight excluding hydrogens is 254 g/mol. The summed E-state index contributed by atoms with van der Waals surface area (Å²) >= 11 is 0. The molecule has 0 saturated heterocycles. The number of carbonyl (C=O) groups is 1. The van der Waals surface area contributed by atoms with E-state index >= 15 is 0 Å². The molecule has 1 aliphatic heterocycles. The molecule has 1 amide bonds. The van der Waals surface area contributed by atoms with Gasteiger partial charge in [0.2, 0.25) is 5.88 Å². The smallest absolute Gasteiger partial charge is 0.276 e. The normalized spacial score (nSPS) is 13.4. The molecule has 0 fully saturated rings. The zero-order valence-corrected chi connectivity index (χ0v) is 11.4. The van der Waals surface area contributed by atoms with E-state index in [0.29, 0.717) is 18.2 Å². The van der Waals surface area contributed by atoms with Gasteiger partial charge in [-0.3, -0.25) is 4.79 Å². The highest BCUT2D eigenvalue weighted by atomic mass is 16.5. The topological polar surface area (TPSA) is 56.2 Å². The van der Waals surface area contributed by atoms with Crippen molar-refractivity contribution in [3.05, 3.63) is 41.6 Å². The fourth-order valence-electron chi connectivity index (χ4n) is 2.20. The van der Waals surface area contributed by atoms with Crippen molar-refractivity contribution >= 4 is 11.6 Å². The molecule has 0 saturated carbocycles. The number of fused-ring (bicyclic) bond motifs is 1. The first-order chi connectivity index (χ1) is 9.76. The lowest BCUT2D eigenvalue weighted by molar-refractivity contribution is 0.102. The maximum atomic E-state index is 12.1. The molecule has 20 heavy (non-hydrogen) atoms. The number of anilines is 1. The van der Waals surface area contributed by atoms with Crippen LogP contribution in [-0.2, 0) is 13.0 Å². The van der Waals surface area contributed by atoms with Crippen LogP contribution in [0, 0.1) is 0 Å². The van der Waals surface area contributed by atoms with Gasteiger partial charge in [0.05, 0.1) is 6.61 Å².